The summed E-state index contributed by atoms with van der Waals surface area (Å²) in [7, 11) is 0. The zero-order valence-corrected chi connectivity index (χ0v) is 17.9. The summed E-state index contributed by atoms with van der Waals surface area (Å²) in [5, 5.41) is 0. The van der Waals surface area contributed by atoms with E-state index in [0.717, 1.165) is 57.2 Å². The molecule has 0 amide bonds. The van der Waals surface area contributed by atoms with Crippen molar-refractivity contribution in [1.82, 2.24) is 0 Å². The maximum atomic E-state index is 11.7. The van der Waals surface area contributed by atoms with E-state index in [1.54, 1.807) is 0 Å². The van der Waals surface area contributed by atoms with Crippen LogP contribution in [-0.2, 0) is 19.0 Å². The smallest absolute Gasteiger partial charge is 0.132 e. The van der Waals surface area contributed by atoms with E-state index in [-0.39, 0.29) is 0 Å². The average molecular weight is 373 g/mol. The highest BCUT2D eigenvalue weighted by Crippen LogP contribution is 2.10. The van der Waals surface area contributed by atoms with Crippen molar-refractivity contribution >= 4 is 5.78 Å². The number of hydrogen-bond acceptors (Lipinski definition) is 4. The molecule has 0 aliphatic heterocycles. The first-order valence-electron chi connectivity index (χ1n) is 10.8. The first kappa shape index (κ1) is 25.6. The predicted molar refractivity (Wildman–Crippen MR) is 109 cm³/mol. The van der Waals surface area contributed by atoms with E-state index >= 15 is 0 Å². The normalized spacial score (nSPS) is 11.6. The second-order valence-corrected chi connectivity index (χ2v) is 8.01. The van der Waals surface area contributed by atoms with E-state index in [4.69, 9.17) is 14.2 Å². The molecule has 0 N–H and O–H groups in total. The van der Waals surface area contributed by atoms with Crippen LogP contribution in [-0.4, -0.2) is 45.4 Å². The van der Waals surface area contributed by atoms with Gasteiger partial charge in [-0.2, -0.15) is 0 Å². The van der Waals surface area contributed by atoms with Crippen LogP contribution < -0.4 is 0 Å². The van der Waals surface area contributed by atoms with E-state index in [9.17, 15) is 4.79 Å². The minimum atomic E-state index is 0.408. The number of Topliss-reactive ketones (excluding diaryl/α,β-unsaturated/α-hetero) is 1. The highest BCUT2D eigenvalue weighted by molar-refractivity contribution is 5.78. The van der Waals surface area contributed by atoms with Crippen LogP contribution in [0.5, 0.6) is 0 Å². The summed E-state index contributed by atoms with van der Waals surface area (Å²) >= 11 is 0. The summed E-state index contributed by atoms with van der Waals surface area (Å²) in [5.74, 6) is 1.90. The van der Waals surface area contributed by atoms with Crippen LogP contribution in [0.1, 0.15) is 85.5 Å². The molecule has 0 unspecified atom stereocenters. The molecule has 0 bridgehead atoms. The Labute approximate surface area is 162 Å². The Morgan fingerprint density at radius 3 is 1.54 bits per heavy atom. The first-order valence-corrected chi connectivity index (χ1v) is 10.8. The molecular formula is C22H44O4. The van der Waals surface area contributed by atoms with Crippen molar-refractivity contribution in [2.45, 2.75) is 85.5 Å². The van der Waals surface area contributed by atoms with Gasteiger partial charge in [-0.1, -0.05) is 40.5 Å². The fourth-order valence-electron chi connectivity index (χ4n) is 2.66. The molecule has 0 heterocycles. The predicted octanol–water partition coefficient (Wildman–Crippen LogP) is 5.43. The lowest BCUT2D eigenvalue weighted by atomic mass is 10.0. The standard InChI is InChI=1S/C22H44O4/c1-20(2)10-5-6-12-22(23)13-7-8-14-24-16-18-26-19-17-25-15-9-11-21(3)4/h20-21H,5-19H2,1-4H3. The van der Waals surface area contributed by atoms with Crippen LogP contribution in [0.4, 0.5) is 0 Å². The molecule has 0 saturated heterocycles. The number of ketones is 1. The zero-order chi connectivity index (χ0) is 19.5. The van der Waals surface area contributed by atoms with Crippen LogP contribution in [0.25, 0.3) is 0 Å². The van der Waals surface area contributed by atoms with E-state index in [2.05, 4.69) is 27.7 Å². The molecule has 0 aliphatic rings. The molecule has 0 radical (unpaired) electrons. The largest absolute Gasteiger partial charge is 0.379 e. The minimum absolute atomic E-state index is 0.408. The molecule has 0 aromatic rings. The second kappa shape index (κ2) is 19.3. The first-order chi connectivity index (χ1) is 12.5. The van der Waals surface area contributed by atoms with Crippen LogP contribution in [0.3, 0.4) is 0 Å². The highest BCUT2D eigenvalue weighted by Gasteiger charge is 2.02. The van der Waals surface area contributed by atoms with Gasteiger partial charge in [0.15, 0.2) is 0 Å². The summed E-state index contributed by atoms with van der Waals surface area (Å²) in [5.41, 5.74) is 0. The van der Waals surface area contributed by atoms with Crippen molar-refractivity contribution in [2.75, 3.05) is 39.6 Å². The molecule has 4 nitrogen and oxygen atoms in total. The van der Waals surface area contributed by atoms with Crippen LogP contribution >= 0.6 is 0 Å². The Hall–Kier alpha value is -0.450. The van der Waals surface area contributed by atoms with Crippen molar-refractivity contribution < 1.29 is 19.0 Å². The highest BCUT2D eigenvalue weighted by atomic mass is 16.5. The molecule has 0 rings (SSSR count). The summed E-state index contributed by atoms with van der Waals surface area (Å²) in [6, 6.07) is 0. The molecule has 0 fully saturated rings. The van der Waals surface area contributed by atoms with E-state index in [0.29, 0.717) is 38.6 Å². The Morgan fingerprint density at radius 2 is 1.00 bits per heavy atom. The van der Waals surface area contributed by atoms with Gasteiger partial charge in [0.2, 0.25) is 0 Å². The lowest BCUT2D eigenvalue weighted by Crippen LogP contribution is -2.10. The molecule has 0 atom stereocenters. The Bertz CT molecular complexity index is 303. The van der Waals surface area contributed by atoms with Crippen molar-refractivity contribution in [3.63, 3.8) is 0 Å². The molecular weight excluding hydrogens is 328 g/mol. The number of carbonyl (C=O) groups excluding carboxylic acids is 1. The van der Waals surface area contributed by atoms with Crippen molar-refractivity contribution in [3.05, 3.63) is 0 Å². The Balaban J connectivity index is 3.14. The fourth-order valence-corrected chi connectivity index (χ4v) is 2.66. The molecule has 0 spiro atoms. The summed E-state index contributed by atoms with van der Waals surface area (Å²) in [6.45, 7) is 13.0. The third kappa shape index (κ3) is 21.6. The second-order valence-electron chi connectivity index (χ2n) is 8.01. The van der Waals surface area contributed by atoms with Crippen molar-refractivity contribution in [2.24, 2.45) is 11.8 Å². The number of carbonyl (C=O) groups is 1. The molecule has 156 valence electrons. The van der Waals surface area contributed by atoms with Gasteiger partial charge in [-0.25, -0.2) is 0 Å². The molecule has 0 aliphatic carbocycles. The molecule has 26 heavy (non-hydrogen) atoms. The van der Waals surface area contributed by atoms with Gasteiger partial charge in [0.05, 0.1) is 26.4 Å². The number of hydrogen-bond donors (Lipinski definition) is 0. The maximum Gasteiger partial charge on any atom is 0.132 e. The number of unbranched alkanes of at least 4 members (excludes halogenated alkanes) is 2. The van der Waals surface area contributed by atoms with Crippen LogP contribution in [0.2, 0.25) is 0 Å². The van der Waals surface area contributed by atoms with Gasteiger partial charge in [0.25, 0.3) is 0 Å². The SMILES string of the molecule is CC(C)CCCCC(=O)CCCCOCCOCCOCCCC(C)C. The Kier molecular flexibility index (Phi) is 19.0. The van der Waals surface area contributed by atoms with Crippen LogP contribution in [0, 0.1) is 11.8 Å². The molecule has 4 heteroatoms. The third-order valence-electron chi connectivity index (χ3n) is 4.30. The van der Waals surface area contributed by atoms with E-state index in [1.807, 2.05) is 0 Å². The van der Waals surface area contributed by atoms with Gasteiger partial charge in [-0.3, -0.25) is 4.79 Å². The van der Waals surface area contributed by atoms with Gasteiger partial charge in [0.1, 0.15) is 5.78 Å². The minimum Gasteiger partial charge on any atom is -0.379 e. The lowest BCUT2D eigenvalue weighted by Gasteiger charge is -2.08. The van der Waals surface area contributed by atoms with E-state index < -0.39 is 0 Å². The summed E-state index contributed by atoms with van der Waals surface area (Å²) in [4.78, 5) is 11.7. The Morgan fingerprint density at radius 1 is 0.577 bits per heavy atom. The van der Waals surface area contributed by atoms with Crippen molar-refractivity contribution in [3.8, 4) is 0 Å². The monoisotopic (exact) mass is 372 g/mol. The van der Waals surface area contributed by atoms with Gasteiger partial charge in [-0.15, -0.1) is 0 Å². The van der Waals surface area contributed by atoms with Crippen molar-refractivity contribution in [1.29, 1.82) is 0 Å². The lowest BCUT2D eigenvalue weighted by molar-refractivity contribution is -0.119. The number of rotatable bonds is 20. The van der Waals surface area contributed by atoms with Crippen LogP contribution in [0.15, 0.2) is 0 Å². The van der Waals surface area contributed by atoms with Gasteiger partial charge in [-0.05, 0) is 43.9 Å². The summed E-state index contributed by atoms with van der Waals surface area (Å²) < 4.78 is 16.5. The van der Waals surface area contributed by atoms with Gasteiger partial charge in [0, 0.05) is 26.1 Å². The van der Waals surface area contributed by atoms with Gasteiger partial charge >= 0.3 is 0 Å². The number of ether oxygens (including phenoxy) is 3. The zero-order valence-electron chi connectivity index (χ0n) is 17.9. The maximum absolute atomic E-state index is 11.7. The third-order valence-corrected chi connectivity index (χ3v) is 4.30. The quantitative estimate of drug-likeness (QED) is 0.267. The molecule has 0 saturated carbocycles. The topological polar surface area (TPSA) is 44.8 Å². The van der Waals surface area contributed by atoms with Gasteiger partial charge < -0.3 is 14.2 Å². The average Bonchev–Trinajstić information content (AvgIpc) is 2.58. The fraction of sp³-hybridized carbons (Fsp3) is 0.955. The molecule has 0 aromatic heterocycles. The summed E-state index contributed by atoms with van der Waals surface area (Å²) in [6.07, 6.45) is 9.15. The molecule has 0 aromatic carbocycles. The van der Waals surface area contributed by atoms with E-state index in [1.165, 1.54) is 19.3 Å².